The van der Waals surface area contributed by atoms with Gasteiger partial charge < -0.3 is 4.74 Å². The molecular weight excluding hydrogens is 263 g/mol. The highest BCUT2D eigenvalue weighted by Gasteiger charge is 2.30. The molecule has 98 valence electrons. The third kappa shape index (κ3) is 1.89. The number of esters is 2. The van der Waals surface area contributed by atoms with Crippen LogP contribution < -0.4 is 0 Å². The number of hydrogen-bond acceptors (Lipinski definition) is 4. The van der Waals surface area contributed by atoms with Crippen molar-refractivity contribution in [1.82, 2.24) is 0 Å². The van der Waals surface area contributed by atoms with Crippen LogP contribution in [0.3, 0.4) is 0 Å². The maximum absolute atomic E-state index is 12.8. The minimum Gasteiger partial charge on any atom is -0.386 e. The van der Waals surface area contributed by atoms with Gasteiger partial charge in [0.25, 0.3) is 0 Å². The van der Waals surface area contributed by atoms with E-state index in [1.807, 2.05) is 0 Å². The van der Waals surface area contributed by atoms with Crippen LogP contribution in [-0.4, -0.2) is 17.7 Å². The van der Waals surface area contributed by atoms with Gasteiger partial charge in [-0.15, -0.1) is 0 Å². The molecular formula is C15H7FO4. The molecule has 0 aliphatic carbocycles. The maximum Gasteiger partial charge on any atom is 0.346 e. The number of cyclic esters (lactones) is 2. The molecule has 5 heteroatoms. The van der Waals surface area contributed by atoms with E-state index in [2.05, 4.69) is 4.74 Å². The number of hydrogen-bond donors (Lipinski definition) is 0. The molecule has 0 aromatic heterocycles. The van der Waals surface area contributed by atoms with Gasteiger partial charge in [-0.05, 0) is 36.4 Å². The van der Waals surface area contributed by atoms with Crippen LogP contribution in [0.4, 0.5) is 4.39 Å². The molecule has 20 heavy (non-hydrogen) atoms. The minimum atomic E-state index is -0.765. The van der Waals surface area contributed by atoms with E-state index < -0.39 is 17.8 Å². The van der Waals surface area contributed by atoms with Crippen LogP contribution in [0, 0.1) is 5.82 Å². The van der Waals surface area contributed by atoms with E-state index in [1.165, 1.54) is 42.5 Å². The zero-order valence-electron chi connectivity index (χ0n) is 10.1. The largest absolute Gasteiger partial charge is 0.386 e. The monoisotopic (exact) mass is 270 g/mol. The highest BCUT2D eigenvalue weighted by atomic mass is 19.1. The second-order valence-corrected chi connectivity index (χ2v) is 4.27. The SMILES string of the molecule is O=C(c1ccc(F)cc1)c1ccc2c(c1)C(=O)OC2=O. The molecule has 2 aromatic rings. The summed E-state index contributed by atoms with van der Waals surface area (Å²) in [7, 11) is 0. The quantitative estimate of drug-likeness (QED) is 0.477. The number of fused-ring (bicyclic) bond motifs is 1. The number of ether oxygens (including phenoxy) is 1. The Bertz CT molecular complexity index is 747. The van der Waals surface area contributed by atoms with E-state index >= 15 is 0 Å². The first-order valence-electron chi connectivity index (χ1n) is 5.77. The molecule has 1 aliphatic heterocycles. The maximum atomic E-state index is 12.8. The number of halogens is 1. The zero-order chi connectivity index (χ0) is 14.3. The minimum absolute atomic E-state index is 0.0722. The second-order valence-electron chi connectivity index (χ2n) is 4.27. The summed E-state index contributed by atoms with van der Waals surface area (Å²) in [5, 5.41) is 0. The first-order chi connectivity index (χ1) is 9.56. The van der Waals surface area contributed by atoms with Crippen molar-refractivity contribution in [2.24, 2.45) is 0 Å². The van der Waals surface area contributed by atoms with Crippen molar-refractivity contribution in [3.8, 4) is 0 Å². The number of ketones is 1. The molecule has 0 N–H and O–H groups in total. The van der Waals surface area contributed by atoms with Crippen molar-refractivity contribution in [3.05, 3.63) is 70.5 Å². The third-order valence-corrected chi connectivity index (χ3v) is 3.01. The Morgan fingerprint density at radius 2 is 1.45 bits per heavy atom. The molecule has 0 amide bonds. The van der Waals surface area contributed by atoms with Crippen molar-refractivity contribution in [3.63, 3.8) is 0 Å². The van der Waals surface area contributed by atoms with Gasteiger partial charge >= 0.3 is 11.9 Å². The van der Waals surface area contributed by atoms with Crippen LogP contribution in [0.2, 0.25) is 0 Å². The molecule has 0 fully saturated rings. The van der Waals surface area contributed by atoms with E-state index in [0.717, 1.165) is 0 Å². The fourth-order valence-corrected chi connectivity index (χ4v) is 1.99. The second kappa shape index (κ2) is 4.38. The van der Waals surface area contributed by atoms with Crippen molar-refractivity contribution in [1.29, 1.82) is 0 Å². The normalized spacial score (nSPS) is 13.1. The highest BCUT2D eigenvalue weighted by Crippen LogP contribution is 2.22. The van der Waals surface area contributed by atoms with Crippen LogP contribution >= 0.6 is 0 Å². The lowest BCUT2D eigenvalue weighted by molar-refractivity contribution is 0.0443. The van der Waals surface area contributed by atoms with E-state index in [0.29, 0.717) is 5.56 Å². The van der Waals surface area contributed by atoms with E-state index in [9.17, 15) is 18.8 Å². The van der Waals surface area contributed by atoms with Crippen LogP contribution in [0.15, 0.2) is 42.5 Å². The lowest BCUT2D eigenvalue weighted by Crippen LogP contribution is -2.03. The molecule has 2 aromatic carbocycles. The predicted octanol–water partition coefficient (Wildman–Crippen LogP) is 2.37. The lowest BCUT2D eigenvalue weighted by Gasteiger charge is -2.02. The lowest BCUT2D eigenvalue weighted by atomic mass is 9.99. The van der Waals surface area contributed by atoms with E-state index in [4.69, 9.17) is 0 Å². The first kappa shape index (κ1) is 12.2. The molecule has 0 spiro atoms. The highest BCUT2D eigenvalue weighted by molar-refractivity contribution is 6.17. The Morgan fingerprint density at radius 3 is 2.15 bits per heavy atom. The zero-order valence-corrected chi connectivity index (χ0v) is 10.1. The molecule has 0 saturated heterocycles. The molecule has 3 rings (SSSR count). The average Bonchev–Trinajstić information content (AvgIpc) is 2.74. The number of carbonyl (C=O) groups is 3. The van der Waals surface area contributed by atoms with Gasteiger partial charge in [0.2, 0.25) is 0 Å². The van der Waals surface area contributed by atoms with Crippen molar-refractivity contribution >= 4 is 17.7 Å². The third-order valence-electron chi connectivity index (χ3n) is 3.01. The molecule has 1 aliphatic rings. The Morgan fingerprint density at radius 1 is 0.850 bits per heavy atom. The van der Waals surface area contributed by atoms with Crippen LogP contribution in [-0.2, 0) is 4.74 Å². The van der Waals surface area contributed by atoms with Crippen molar-refractivity contribution in [2.75, 3.05) is 0 Å². The summed E-state index contributed by atoms with van der Waals surface area (Å²) in [6.45, 7) is 0. The molecule has 1 heterocycles. The average molecular weight is 270 g/mol. The van der Waals surface area contributed by atoms with Crippen LogP contribution in [0.25, 0.3) is 0 Å². The summed E-state index contributed by atoms with van der Waals surface area (Å²) in [6, 6.07) is 9.19. The summed E-state index contributed by atoms with van der Waals surface area (Å²) in [5.41, 5.74) is 0.750. The van der Waals surface area contributed by atoms with Gasteiger partial charge in [0.15, 0.2) is 5.78 Å². The van der Waals surface area contributed by atoms with Gasteiger partial charge in [-0.2, -0.15) is 0 Å². The number of carbonyl (C=O) groups excluding carboxylic acids is 3. The van der Waals surface area contributed by atoms with Gasteiger partial charge in [-0.25, -0.2) is 14.0 Å². The fourth-order valence-electron chi connectivity index (χ4n) is 1.99. The predicted molar refractivity (Wildman–Crippen MR) is 66.0 cm³/mol. The summed E-state index contributed by atoms with van der Waals surface area (Å²) in [5.74, 6) is -2.28. The van der Waals surface area contributed by atoms with E-state index in [-0.39, 0.29) is 22.5 Å². The molecule has 0 radical (unpaired) electrons. The molecule has 0 atom stereocenters. The topological polar surface area (TPSA) is 60.4 Å². The summed E-state index contributed by atoms with van der Waals surface area (Å²) >= 11 is 0. The van der Waals surface area contributed by atoms with Crippen LogP contribution in [0.1, 0.15) is 36.6 Å². The Kier molecular flexibility index (Phi) is 2.68. The van der Waals surface area contributed by atoms with Crippen LogP contribution in [0.5, 0.6) is 0 Å². The Hall–Kier alpha value is -2.82. The molecule has 0 saturated carbocycles. The summed E-state index contributed by atoms with van der Waals surface area (Å²) in [6.07, 6.45) is 0. The summed E-state index contributed by atoms with van der Waals surface area (Å²) in [4.78, 5) is 34.9. The smallest absolute Gasteiger partial charge is 0.346 e. The van der Waals surface area contributed by atoms with Gasteiger partial charge in [0.1, 0.15) is 5.82 Å². The Labute approximate surface area is 112 Å². The number of rotatable bonds is 2. The summed E-state index contributed by atoms with van der Waals surface area (Å²) < 4.78 is 17.3. The molecule has 0 unspecified atom stereocenters. The molecule has 0 bridgehead atoms. The fraction of sp³-hybridized carbons (Fsp3) is 0. The number of benzene rings is 2. The van der Waals surface area contributed by atoms with Gasteiger partial charge in [-0.3, -0.25) is 4.79 Å². The van der Waals surface area contributed by atoms with Crippen molar-refractivity contribution < 1.29 is 23.5 Å². The van der Waals surface area contributed by atoms with E-state index in [1.54, 1.807) is 0 Å². The Balaban J connectivity index is 2.02. The van der Waals surface area contributed by atoms with Gasteiger partial charge in [-0.1, -0.05) is 6.07 Å². The molecule has 4 nitrogen and oxygen atoms in total. The first-order valence-corrected chi connectivity index (χ1v) is 5.77. The van der Waals surface area contributed by atoms with Gasteiger partial charge in [0, 0.05) is 11.1 Å². The standard InChI is InChI=1S/C15H7FO4/c16-10-4-1-8(2-5-10)13(17)9-3-6-11-12(7-9)15(19)20-14(11)18/h1-7H. The van der Waals surface area contributed by atoms with Gasteiger partial charge in [0.05, 0.1) is 11.1 Å². The van der Waals surface area contributed by atoms with Crippen molar-refractivity contribution in [2.45, 2.75) is 0 Å².